The fourth-order valence-electron chi connectivity index (χ4n) is 3.45. The van der Waals surface area contributed by atoms with Crippen LogP contribution < -0.4 is 30.8 Å². The van der Waals surface area contributed by atoms with E-state index in [0.29, 0.717) is 12.2 Å². The molecule has 0 atom stereocenters. The van der Waals surface area contributed by atoms with Gasteiger partial charge < -0.3 is 0 Å². The topological polar surface area (TPSA) is 56.5 Å². The summed E-state index contributed by atoms with van der Waals surface area (Å²) in [5.74, 6) is 0.783. The Kier molecular flexibility index (Phi) is 5.79. The number of anilines is 1. The molecule has 1 aliphatic rings. The van der Waals surface area contributed by atoms with Crippen LogP contribution in [0.5, 0.6) is 5.75 Å². The van der Waals surface area contributed by atoms with Crippen LogP contribution in [0.4, 0.5) is 5.69 Å². The molecule has 0 bridgehead atoms. The van der Waals surface area contributed by atoms with Gasteiger partial charge in [-0.3, -0.25) is 0 Å². The van der Waals surface area contributed by atoms with Crippen molar-refractivity contribution in [2.75, 3.05) is 11.4 Å². The van der Waals surface area contributed by atoms with Crippen molar-refractivity contribution in [2.24, 2.45) is 0 Å². The molecule has 4 nitrogen and oxygen atoms in total. The van der Waals surface area contributed by atoms with Crippen molar-refractivity contribution in [1.82, 2.24) is 0 Å². The summed E-state index contributed by atoms with van der Waals surface area (Å²) < 4.78 is 8.83. The maximum absolute atomic E-state index is 10.4. The first-order valence-corrected chi connectivity index (χ1v) is 11.7. The molecule has 0 aromatic heterocycles. The third-order valence-electron chi connectivity index (χ3n) is 4.99. The van der Waals surface area contributed by atoms with Gasteiger partial charge in [-0.2, -0.15) is 0 Å². The van der Waals surface area contributed by atoms with Gasteiger partial charge in [0.2, 0.25) is 0 Å². The molecule has 0 saturated heterocycles. The van der Waals surface area contributed by atoms with Crippen LogP contribution in [-0.4, -0.2) is 18.6 Å². The molecule has 1 heterocycles. The molecular weight excluding hydrogens is 474 g/mol. The standard InChI is InChI=1S/C23H21BIN2O2/c1-3-18-14-27(24(2)28)21-12-22(29-15-16-7-5-4-6-8-16)19-10-9-17(13-26)11-20(19)23(21)25-18/h3-12,28H,14-15H2,1-2H3/q-1/b18-3-. The second-order valence-electron chi connectivity index (χ2n) is 6.94. The Morgan fingerprint density at radius 1 is 1.21 bits per heavy atom. The summed E-state index contributed by atoms with van der Waals surface area (Å²) >= 11 is -0.368. The molecule has 0 amide bonds. The summed E-state index contributed by atoms with van der Waals surface area (Å²) in [7, 11) is -0.605. The molecule has 0 unspecified atom stereocenters. The third-order valence-corrected chi connectivity index (χ3v) is 8.32. The van der Waals surface area contributed by atoms with E-state index in [1.54, 1.807) is 6.82 Å². The summed E-state index contributed by atoms with van der Waals surface area (Å²) in [4.78, 5) is 2.02. The molecule has 1 aliphatic heterocycles. The van der Waals surface area contributed by atoms with Gasteiger partial charge in [-0.25, -0.2) is 0 Å². The van der Waals surface area contributed by atoms with Gasteiger partial charge in [-0.05, 0) is 0 Å². The Labute approximate surface area is 181 Å². The minimum atomic E-state index is -0.605. The van der Waals surface area contributed by atoms with Crippen LogP contribution in [0.3, 0.4) is 0 Å². The predicted molar refractivity (Wildman–Crippen MR) is 113 cm³/mol. The normalized spacial score (nSPS) is 14.8. The Bertz CT molecular complexity index is 1120. The number of hydrogen-bond acceptors (Lipinski definition) is 4. The molecule has 6 heteroatoms. The Morgan fingerprint density at radius 2 is 2.00 bits per heavy atom. The number of ether oxygens (including phenoxy) is 1. The first-order chi connectivity index (χ1) is 14.1. The molecule has 0 aliphatic carbocycles. The summed E-state index contributed by atoms with van der Waals surface area (Å²) in [5.41, 5.74) is 2.76. The summed E-state index contributed by atoms with van der Waals surface area (Å²) in [6.45, 7) is 5.05. The predicted octanol–water partition coefficient (Wildman–Crippen LogP) is 1.38. The molecule has 3 aromatic rings. The Hall–Kier alpha value is -2.50. The van der Waals surface area contributed by atoms with Gasteiger partial charge in [0.1, 0.15) is 0 Å². The van der Waals surface area contributed by atoms with E-state index >= 15 is 0 Å². The van der Waals surface area contributed by atoms with Crippen LogP contribution in [0, 0.1) is 14.9 Å². The molecule has 0 radical (unpaired) electrons. The van der Waals surface area contributed by atoms with Gasteiger partial charge in [-0.1, -0.05) is 0 Å². The third kappa shape index (κ3) is 3.98. The first kappa shape index (κ1) is 19.8. The molecule has 0 spiro atoms. The summed E-state index contributed by atoms with van der Waals surface area (Å²) in [6.07, 6.45) is 2.16. The average Bonchev–Trinajstić information content (AvgIpc) is 2.76. The number of benzene rings is 3. The number of rotatable bonds is 4. The first-order valence-electron chi connectivity index (χ1n) is 9.53. The van der Waals surface area contributed by atoms with E-state index < -0.39 is 7.05 Å². The molecule has 1 N–H and O–H groups in total. The van der Waals surface area contributed by atoms with Gasteiger partial charge in [0.05, 0.1) is 0 Å². The van der Waals surface area contributed by atoms with Gasteiger partial charge in [0.15, 0.2) is 0 Å². The fourth-order valence-corrected chi connectivity index (χ4v) is 6.48. The van der Waals surface area contributed by atoms with Crippen molar-refractivity contribution in [2.45, 2.75) is 20.4 Å². The number of hydrogen-bond donors (Lipinski definition) is 1. The molecule has 0 fully saturated rings. The fraction of sp³-hybridized carbons (Fsp3) is 0.174. The van der Waals surface area contributed by atoms with E-state index in [9.17, 15) is 10.3 Å². The molecule has 0 saturated carbocycles. The van der Waals surface area contributed by atoms with E-state index in [1.807, 2.05) is 53.3 Å². The minimum absolute atomic E-state index is 0.368. The van der Waals surface area contributed by atoms with Crippen molar-refractivity contribution in [1.29, 1.82) is 5.26 Å². The van der Waals surface area contributed by atoms with Crippen LogP contribution in [-0.2, 0) is 6.61 Å². The van der Waals surface area contributed by atoms with Gasteiger partial charge in [0, 0.05) is 0 Å². The number of nitrogens with zero attached hydrogens (tertiary/aromatic N) is 2. The van der Waals surface area contributed by atoms with Crippen molar-refractivity contribution in [3.63, 3.8) is 0 Å². The van der Waals surface area contributed by atoms with E-state index in [2.05, 4.69) is 25.1 Å². The van der Waals surface area contributed by atoms with Crippen LogP contribution in [0.2, 0.25) is 6.82 Å². The van der Waals surface area contributed by atoms with Crippen LogP contribution in [0.15, 0.2) is 64.3 Å². The SMILES string of the molecule is C/C=C1/CN(B(C)O)c2cc(OCc3ccccc3)c3ccc(C#N)cc3c2[I-]1. The van der Waals surface area contributed by atoms with E-state index in [4.69, 9.17) is 4.74 Å². The molecule has 3 aromatic carbocycles. The Balaban J connectivity index is 1.87. The van der Waals surface area contributed by atoms with Gasteiger partial charge in [-0.15, -0.1) is 0 Å². The molecule has 29 heavy (non-hydrogen) atoms. The maximum atomic E-state index is 10.4. The quantitative estimate of drug-likeness (QED) is 0.440. The van der Waals surface area contributed by atoms with Crippen molar-refractivity contribution < 1.29 is 31.0 Å². The van der Waals surface area contributed by atoms with Gasteiger partial charge >= 0.3 is 182 Å². The zero-order chi connectivity index (χ0) is 20.4. The zero-order valence-corrected chi connectivity index (χ0v) is 18.6. The number of nitriles is 1. The monoisotopic (exact) mass is 495 g/mol. The average molecular weight is 495 g/mol. The molecule has 146 valence electrons. The Morgan fingerprint density at radius 3 is 2.69 bits per heavy atom. The van der Waals surface area contributed by atoms with Crippen LogP contribution >= 0.6 is 0 Å². The van der Waals surface area contributed by atoms with Crippen LogP contribution in [0.25, 0.3) is 10.8 Å². The van der Waals surface area contributed by atoms with E-state index in [1.165, 1.54) is 7.15 Å². The summed E-state index contributed by atoms with van der Waals surface area (Å²) in [6, 6.07) is 20.2. The van der Waals surface area contributed by atoms with Crippen molar-refractivity contribution in [3.05, 3.63) is 79.0 Å². The number of allylic oxidation sites excluding steroid dienone is 1. The van der Waals surface area contributed by atoms with Crippen molar-refractivity contribution in [3.8, 4) is 11.8 Å². The van der Waals surface area contributed by atoms with E-state index in [0.717, 1.165) is 34.3 Å². The van der Waals surface area contributed by atoms with Crippen LogP contribution in [0.1, 0.15) is 18.1 Å². The summed E-state index contributed by atoms with van der Waals surface area (Å²) in [5, 5.41) is 21.9. The van der Waals surface area contributed by atoms with E-state index in [-0.39, 0.29) is 21.2 Å². The number of fused-ring (bicyclic) bond motifs is 3. The van der Waals surface area contributed by atoms with Crippen molar-refractivity contribution >= 4 is 23.5 Å². The molecular formula is C23H21BIN2O2-. The second kappa shape index (κ2) is 8.48. The number of halogens is 1. The molecule has 4 rings (SSSR count). The second-order valence-corrected chi connectivity index (χ2v) is 9.95. The zero-order valence-electron chi connectivity index (χ0n) is 16.4. The van der Waals surface area contributed by atoms with Gasteiger partial charge in [0.25, 0.3) is 0 Å².